The fourth-order valence-electron chi connectivity index (χ4n) is 3.52. The van der Waals surface area contributed by atoms with Crippen LogP contribution in [0.25, 0.3) is 10.8 Å². The molecule has 150 valence electrons. The fourth-order valence-corrected chi connectivity index (χ4v) is 4.98. The Morgan fingerprint density at radius 2 is 1.62 bits per heavy atom. The van der Waals surface area contributed by atoms with Crippen molar-refractivity contribution in [2.75, 3.05) is 26.2 Å². The Balaban J connectivity index is 1.50. The monoisotopic (exact) mass is 411 g/mol. The maximum Gasteiger partial charge on any atom is 0.260 e. The minimum Gasteiger partial charge on any atom is -0.336 e. The lowest BCUT2D eigenvalue weighted by Crippen LogP contribution is -2.51. The number of aromatic amines is 1. The van der Waals surface area contributed by atoms with E-state index in [0.717, 1.165) is 10.8 Å². The molecule has 7 nitrogen and oxygen atoms in total. The molecule has 1 aliphatic rings. The number of fused-ring (bicyclic) bond motifs is 1. The van der Waals surface area contributed by atoms with Crippen molar-refractivity contribution in [2.45, 2.75) is 11.8 Å². The fraction of sp³-hybridized carbons (Fsp3) is 0.238. The Morgan fingerprint density at radius 3 is 2.31 bits per heavy atom. The van der Waals surface area contributed by atoms with Crippen LogP contribution < -0.4 is 5.56 Å². The second-order valence-corrected chi connectivity index (χ2v) is 9.03. The molecule has 1 aliphatic heterocycles. The van der Waals surface area contributed by atoms with Crippen molar-refractivity contribution in [2.24, 2.45) is 0 Å². The van der Waals surface area contributed by atoms with Gasteiger partial charge in [0.15, 0.2) is 0 Å². The Bertz CT molecular complexity index is 1240. The number of piperazine rings is 1. The molecule has 1 N–H and O–H groups in total. The predicted octanol–water partition coefficient (Wildman–Crippen LogP) is 1.98. The van der Waals surface area contributed by atoms with Crippen LogP contribution >= 0.6 is 0 Å². The van der Waals surface area contributed by atoms with E-state index in [1.807, 2.05) is 24.3 Å². The Kier molecular flexibility index (Phi) is 4.97. The first-order valence-corrected chi connectivity index (χ1v) is 10.8. The number of sulfonamides is 1. The van der Waals surface area contributed by atoms with Crippen molar-refractivity contribution >= 4 is 26.7 Å². The summed E-state index contributed by atoms with van der Waals surface area (Å²) >= 11 is 0. The summed E-state index contributed by atoms with van der Waals surface area (Å²) in [4.78, 5) is 29.1. The van der Waals surface area contributed by atoms with Gasteiger partial charge in [-0.15, -0.1) is 0 Å². The Hall–Kier alpha value is -2.97. The van der Waals surface area contributed by atoms with E-state index in [9.17, 15) is 18.0 Å². The number of pyridine rings is 1. The van der Waals surface area contributed by atoms with Crippen LogP contribution in [0, 0.1) is 6.92 Å². The topological polar surface area (TPSA) is 90.6 Å². The first-order chi connectivity index (χ1) is 13.9. The number of H-pyrrole nitrogens is 1. The van der Waals surface area contributed by atoms with Gasteiger partial charge in [0, 0.05) is 31.9 Å². The maximum absolute atomic E-state index is 13.0. The zero-order valence-electron chi connectivity index (χ0n) is 16.0. The third kappa shape index (κ3) is 3.68. The molecule has 0 atom stereocenters. The summed E-state index contributed by atoms with van der Waals surface area (Å²) in [7, 11) is -3.65. The van der Waals surface area contributed by atoms with Gasteiger partial charge in [0.1, 0.15) is 5.56 Å². The summed E-state index contributed by atoms with van der Waals surface area (Å²) in [6, 6.07) is 15.9. The van der Waals surface area contributed by atoms with E-state index in [0.29, 0.717) is 5.69 Å². The summed E-state index contributed by atoms with van der Waals surface area (Å²) in [5.74, 6) is -0.381. The number of nitrogens with one attached hydrogen (secondary N) is 1. The lowest BCUT2D eigenvalue weighted by molar-refractivity contribution is 0.0696. The predicted molar refractivity (Wildman–Crippen MR) is 110 cm³/mol. The zero-order chi connectivity index (χ0) is 20.6. The third-order valence-corrected chi connectivity index (χ3v) is 7.06. The van der Waals surface area contributed by atoms with E-state index in [-0.39, 0.29) is 42.5 Å². The van der Waals surface area contributed by atoms with E-state index in [4.69, 9.17) is 0 Å². The largest absolute Gasteiger partial charge is 0.336 e. The lowest BCUT2D eigenvalue weighted by Gasteiger charge is -2.34. The first kappa shape index (κ1) is 19.4. The van der Waals surface area contributed by atoms with Crippen LogP contribution in [-0.4, -0.2) is 54.7 Å². The summed E-state index contributed by atoms with van der Waals surface area (Å²) in [6.45, 7) is 2.58. The molecule has 0 spiro atoms. The van der Waals surface area contributed by atoms with Gasteiger partial charge in [0.2, 0.25) is 10.0 Å². The van der Waals surface area contributed by atoms with Gasteiger partial charge in [-0.3, -0.25) is 9.59 Å². The van der Waals surface area contributed by atoms with E-state index in [1.165, 1.54) is 15.3 Å². The van der Waals surface area contributed by atoms with E-state index >= 15 is 0 Å². The summed E-state index contributed by atoms with van der Waals surface area (Å²) in [6.07, 6.45) is 0. The molecule has 29 heavy (non-hydrogen) atoms. The van der Waals surface area contributed by atoms with Crippen molar-refractivity contribution in [3.63, 3.8) is 0 Å². The van der Waals surface area contributed by atoms with Crippen LogP contribution in [0.15, 0.2) is 64.3 Å². The van der Waals surface area contributed by atoms with Gasteiger partial charge in [-0.05, 0) is 42.0 Å². The van der Waals surface area contributed by atoms with Gasteiger partial charge in [-0.25, -0.2) is 8.42 Å². The SMILES string of the molecule is Cc1ccc(C(=O)N2CCN(S(=O)(=O)c3ccc4ccccc4c3)CC2)c(=O)[nH]1. The number of nitrogens with zero attached hydrogens (tertiary/aromatic N) is 2. The second-order valence-electron chi connectivity index (χ2n) is 7.09. The van der Waals surface area contributed by atoms with E-state index in [1.54, 1.807) is 31.2 Å². The molecule has 1 saturated heterocycles. The number of rotatable bonds is 3. The van der Waals surface area contributed by atoms with Crippen molar-refractivity contribution in [1.82, 2.24) is 14.2 Å². The minimum atomic E-state index is -3.65. The smallest absolute Gasteiger partial charge is 0.260 e. The molecule has 1 aromatic heterocycles. The Labute approximate surface area is 168 Å². The zero-order valence-corrected chi connectivity index (χ0v) is 16.8. The number of hydrogen-bond donors (Lipinski definition) is 1. The molecule has 4 rings (SSSR count). The molecule has 0 radical (unpaired) electrons. The van der Waals surface area contributed by atoms with Crippen LogP contribution in [0.5, 0.6) is 0 Å². The summed E-state index contributed by atoms with van der Waals surface area (Å²) in [5, 5.41) is 1.84. The number of aromatic nitrogens is 1. The molecule has 0 bridgehead atoms. The molecule has 2 heterocycles. The highest BCUT2D eigenvalue weighted by Gasteiger charge is 2.31. The number of carbonyl (C=O) groups excluding carboxylic acids is 1. The van der Waals surface area contributed by atoms with Gasteiger partial charge in [-0.2, -0.15) is 4.31 Å². The number of aryl methyl sites for hydroxylation is 1. The molecule has 3 aromatic rings. The molecular weight excluding hydrogens is 390 g/mol. The van der Waals surface area contributed by atoms with E-state index < -0.39 is 15.6 Å². The van der Waals surface area contributed by atoms with Crippen LogP contribution in [0.3, 0.4) is 0 Å². The van der Waals surface area contributed by atoms with Gasteiger partial charge < -0.3 is 9.88 Å². The molecule has 0 saturated carbocycles. The van der Waals surface area contributed by atoms with Gasteiger partial charge >= 0.3 is 0 Å². The second kappa shape index (κ2) is 7.46. The van der Waals surface area contributed by atoms with Crippen LogP contribution in [0.2, 0.25) is 0 Å². The highest BCUT2D eigenvalue weighted by molar-refractivity contribution is 7.89. The molecular formula is C21H21N3O4S. The number of hydrogen-bond acceptors (Lipinski definition) is 4. The van der Waals surface area contributed by atoms with Crippen LogP contribution in [0.1, 0.15) is 16.1 Å². The average Bonchev–Trinajstić information content (AvgIpc) is 2.73. The number of carbonyl (C=O) groups is 1. The lowest BCUT2D eigenvalue weighted by atomic mass is 10.1. The first-order valence-electron chi connectivity index (χ1n) is 9.34. The molecule has 1 amide bonds. The van der Waals surface area contributed by atoms with Crippen LogP contribution in [0.4, 0.5) is 0 Å². The molecule has 0 aliphatic carbocycles. The van der Waals surface area contributed by atoms with Crippen molar-refractivity contribution in [3.8, 4) is 0 Å². The van der Waals surface area contributed by atoms with Gasteiger partial charge in [-0.1, -0.05) is 30.3 Å². The molecule has 8 heteroatoms. The minimum absolute atomic E-state index is 0.0708. The average molecular weight is 411 g/mol. The molecule has 2 aromatic carbocycles. The number of benzene rings is 2. The van der Waals surface area contributed by atoms with Gasteiger partial charge in [0.25, 0.3) is 11.5 Å². The summed E-state index contributed by atoms with van der Waals surface area (Å²) < 4.78 is 27.5. The quantitative estimate of drug-likeness (QED) is 0.714. The molecule has 1 fully saturated rings. The van der Waals surface area contributed by atoms with Crippen molar-refractivity contribution in [3.05, 3.63) is 76.2 Å². The third-order valence-electron chi connectivity index (χ3n) is 5.17. The van der Waals surface area contributed by atoms with E-state index in [2.05, 4.69) is 4.98 Å². The Morgan fingerprint density at radius 1 is 0.931 bits per heavy atom. The van der Waals surface area contributed by atoms with Gasteiger partial charge in [0.05, 0.1) is 4.90 Å². The normalized spacial score (nSPS) is 15.6. The standard InChI is InChI=1S/C21H21N3O4S/c1-15-6-9-19(20(25)22-15)21(26)23-10-12-24(13-11-23)29(27,28)18-8-7-16-4-2-3-5-17(16)14-18/h2-9,14H,10-13H2,1H3,(H,22,25). The summed E-state index contributed by atoms with van der Waals surface area (Å²) in [5.41, 5.74) is 0.320. The van der Waals surface area contributed by atoms with Crippen molar-refractivity contribution in [1.29, 1.82) is 0 Å². The van der Waals surface area contributed by atoms with Crippen LogP contribution in [-0.2, 0) is 10.0 Å². The highest BCUT2D eigenvalue weighted by Crippen LogP contribution is 2.23. The van der Waals surface area contributed by atoms with Crippen molar-refractivity contribution < 1.29 is 13.2 Å². The number of amides is 1. The molecule has 0 unspecified atom stereocenters. The maximum atomic E-state index is 13.0. The highest BCUT2D eigenvalue weighted by atomic mass is 32.2.